The van der Waals surface area contributed by atoms with Gasteiger partial charge in [0.1, 0.15) is 11.1 Å². The summed E-state index contributed by atoms with van der Waals surface area (Å²) in [6, 6.07) is 6.00. The molecule has 0 radical (unpaired) electrons. The maximum Gasteiger partial charge on any atom is 0.224 e. The molecule has 1 aromatic rings. The molecule has 1 heterocycles. The maximum atomic E-state index is 12.7. The van der Waals surface area contributed by atoms with Gasteiger partial charge in [-0.2, -0.15) is 0 Å². The number of rotatable bonds is 4. The topological polar surface area (TPSA) is 80.5 Å². The Labute approximate surface area is 111 Å². The molecule has 0 spiro atoms. The van der Waals surface area contributed by atoms with Gasteiger partial charge in [-0.3, -0.25) is 4.79 Å². The third kappa shape index (κ3) is 3.51. The highest BCUT2D eigenvalue weighted by Crippen LogP contribution is 2.17. The van der Waals surface area contributed by atoms with E-state index in [1.165, 1.54) is 17.0 Å². The van der Waals surface area contributed by atoms with Crippen LogP contribution in [0.3, 0.4) is 0 Å². The van der Waals surface area contributed by atoms with Gasteiger partial charge in [-0.25, -0.2) is 17.9 Å². The Hall–Kier alpha value is -1.47. The molecule has 104 valence electrons. The van der Waals surface area contributed by atoms with Gasteiger partial charge in [0.05, 0.1) is 0 Å². The third-order valence-corrected chi connectivity index (χ3v) is 4.47. The van der Waals surface area contributed by atoms with Gasteiger partial charge in [-0.15, -0.1) is 0 Å². The molecule has 7 heteroatoms. The van der Waals surface area contributed by atoms with E-state index in [0.29, 0.717) is 13.0 Å². The fraction of sp³-hybridized carbons (Fsp3) is 0.417. The summed E-state index contributed by atoms with van der Waals surface area (Å²) >= 11 is 0. The van der Waals surface area contributed by atoms with Crippen LogP contribution < -0.4 is 5.14 Å². The quantitative estimate of drug-likeness (QED) is 0.862. The van der Waals surface area contributed by atoms with Crippen LogP contribution in [0.4, 0.5) is 4.39 Å². The Bertz CT molecular complexity index is 571. The number of carbonyl (C=O) groups excluding carboxylic acids is 1. The summed E-state index contributed by atoms with van der Waals surface area (Å²) in [6.07, 6.45) is 0.506. The van der Waals surface area contributed by atoms with Gasteiger partial charge >= 0.3 is 0 Å². The zero-order valence-corrected chi connectivity index (χ0v) is 11.1. The van der Waals surface area contributed by atoms with E-state index in [0.717, 1.165) is 5.56 Å². The minimum Gasteiger partial charge on any atom is -0.341 e. The predicted octanol–water partition coefficient (Wildman–Crippen LogP) is 0.258. The highest BCUT2D eigenvalue weighted by Gasteiger charge is 2.35. The summed E-state index contributed by atoms with van der Waals surface area (Å²) < 4.78 is 35.1. The number of sulfonamides is 1. The number of nitrogens with zero attached hydrogens (tertiary/aromatic N) is 1. The Morgan fingerprint density at radius 2 is 1.95 bits per heavy atom. The Balaban J connectivity index is 1.94. The second-order valence-corrected chi connectivity index (χ2v) is 6.48. The van der Waals surface area contributed by atoms with Crippen molar-refractivity contribution in [3.63, 3.8) is 0 Å². The van der Waals surface area contributed by atoms with E-state index in [2.05, 4.69) is 0 Å². The number of likely N-dealkylation sites (tertiary alicyclic amines) is 1. The summed E-state index contributed by atoms with van der Waals surface area (Å²) in [7, 11) is -3.67. The predicted molar refractivity (Wildman–Crippen MR) is 68.2 cm³/mol. The molecule has 2 rings (SSSR count). The number of hydrogen-bond donors (Lipinski definition) is 1. The van der Waals surface area contributed by atoms with Crippen LogP contribution in [-0.4, -0.2) is 37.6 Å². The van der Waals surface area contributed by atoms with Crippen molar-refractivity contribution in [3.05, 3.63) is 35.6 Å². The Morgan fingerprint density at radius 1 is 1.32 bits per heavy atom. The summed E-state index contributed by atoms with van der Waals surface area (Å²) in [4.78, 5) is 13.1. The molecule has 0 bridgehead atoms. The van der Waals surface area contributed by atoms with Crippen LogP contribution in [0.25, 0.3) is 0 Å². The number of hydrogen-bond acceptors (Lipinski definition) is 3. The summed E-state index contributed by atoms with van der Waals surface area (Å²) in [6.45, 7) is 0.551. The molecule has 1 unspecified atom stereocenters. The molecule has 1 aliphatic rings. The van der Waals surface area contributed by atoms with E-state index in [-0.39, 0.29) is 24.7 Å². The van der Waals surface area contributed by atoms with Crippen molar-refractivity contribution in [2.45, 2.75) is 18.1 Å². The molecule has 1 amide bonds. The number of primary sulfonamides is 1. The average molecular weight is 286 g/mol. The SMILES string of the molecule is NS(=O)(=O)C1CC(=O)N(CCc2ccc(F)cc2)C1. The number of halogens is 1. The average Bonchev–Trinajstić information content (AvgIpc) is 2.70. The fourth-order valence-corrected chi connectivity index (χ4v) is 2.85. The van der Waals surface area contributed by atoms with E-state index < -0.39 is 15.3 Å². The zero-order valence-electron chi connectivity index (χ0n) is 10.3. The van der Waals surface area contributed by atoms with Crippen LogP contribution in [0.2, 0.25) is 0 Å². The Kier molecular flexibility index (Phi) is 3.86. The molecular formula is C12H15FN2O3S. The molecule has 19 heavy (non-hydrogen) atoms. The van der Waals surface area contributed by atoms with E-state index in [1.54, 1.807) is 12.1 Å². The summed E-state index contributed by atoms with van der Waals surface area (Å²) in [5.41, 5.74) is 0.897. The number of benzene rings is 1. The molecule has 0 saturated carbocycles. The number of nitrogens with two attached hydrogens (primary N) is 1. The van der Waals surface area contributed by atoms with Crippen LogP contribution in [0.1, 0.15) is 12.0 Å². The van der Waals surface area contributed by atoms with E-state index in [1.807, 2.05) is 0 Å². The third-order valence-electron chi connectivity index (χ3n) is 3.23. The largest absolute Gasteiger partial charge is 0.341 e. The van der Waals surface area contributed by atoms with Gasteiger partial charge < -0.3 is 4.90 Å². The van der Waals surface area contributed by atoms with Crippen LogP contribution in [0.15, 0.2) is 24.3 Å². The first-order valence-corrected chi connectivity index (χ1v) is 7.51. The second kappa shape index (κ2) is 5.26. The molecule has 5 nitrogen and oxygen atoms in total. The summed E-state index contributed by atoms with van der Waals surface area (Å²) in [5, 5.41) is 4.23. The highest BCUT2D eigenvalue weighted by atomic mass is 32.2. The van der Waals surface area contributed by atoms with Gasteiger partial charge in [0.25, 0.3) is 0 Å². The van der Waals surface area contributed by atoms with Crippen molar-refractivity contribution in [1.29, 1.82) is 0 Å². The molecular weight excluding hydrogens is 271 g/mol. The van der Waals surface area contributed by atoms with Crippen molar-refractivity contribution in [1.82, 2.24) is 4.90 Å². The minimum atomic E-state index is -3.67. The van der Waals surface area contributed by atoms with Crippen LogP contribution in [0.5, 0.6) is 0 Å². The smallest absolute Gasteiger partial charge is 0.224 e. The van der Waals surface area contributed by atoms with Crippen LogP contribution in [0, 0.1) is 5.82 Å². The van der Waals surface area contributed by atoms with Crippen molar-refractivity contribution >= 4 is 15.9 Å². The van der Waals surface area contributed by atoms with E-state index in [4.69, 9.17) is 5.14 Å². The normalized spacial score (nSPS) is 20.0. The van der Waals surface area contributed by atoms with Crippen molar-refractivity contribution in [2.24, 2.45) is 5.14 Å². The molecule has 1 aliphatic heterocycles. The molecule has 1 fully saturated rings. The van der Waals surface area contributed by atoms with Gasteiger partial charge in [0.2, 0.25) is 15.9 Å². The Morgan fingerprint density at radius 3 is 2.47 bits per heavy atom. The lowest BCUT2D eigenvalue weighted by Crippen LogP contribution is -2.33. The first kappa shape index (κ1) is 14.0. The van der Waals surface area contributed by atoms with Gasteiger partial charge in [-0.1, -0.05) is 12.1 Å². The van der Waals surface area contributed by atoms with E-state index >= 15 is 0 Å². The maximum absolute atomic E-state index is 12.7. The second-order valence-electron chi connectivity index (χ2n) is 4.63. The molecule has 1 saturated heterocycles. The molecule has 0 aromatic heterocycles. The van der Waals surface area contributed by atoms with Crippen molar-refractivity contribution in [3.8, 4) is 0 Å². The number of carbonyl (C=O) groups is 1. The first-order chi connectivity index (χ1) is 8.86. The lowest BCUT2D eigenvalue weighted by atomic mass is 10.1. The number of amides is 1. The highest BCUT2D eigenvalue weighted by molar-refractivity contribution is 7.89. The van der Waals surface area contributed by atoms with Gasteiger partial charge in [0, 0.05) is 19.5 Å². The van der Waals surface area contributed by atoms with Crippen molar-refractivity contribution in [2.75, 3.05) is 13.1 Å². The molecule has 2 N–H and O–H groups in total. The molecule has 1 atom stereocenters. The monoisotopic (exact) mass is 286 g/mol. The van der Waals surface area contributed by atoms with Gasteiger partial charge in [-0.05, 0) is 24.1 Å². The molecule has 0 aliphatic carbocycles. The van der Waals surface area contributed by atoms with Crippen molar-refractivity contribution < 1.29 is 17.6 Å². The summed E-state index contributed by atoms with van der Waals surface area (Å²) in [5.74, 6) is -0.517. The minimum absolute atomic E-state index is 0.0533. The standard InChI is InChI=1S/C12H15FN2O3S/c13-10-3-1-9(2-4-10)5-6-15-8-11(7-12(15)16)19(14,17)18/h1-4,11H,5-8H2,(H2,14,17,18). The first-order valence-electron chi connectivity index (χ1n) is 5.90. The van der Waals surface area contributed by atoms with Crippen LogP contribution >= 0.6 is 0 Å². The molecule has 1 aromatic carbocycles. The van der Waals surface area contributed by atoms with Gasteiger partial charge in [0.15, 0.2) is 0 Å². The zero-order chi connectivity index (χ0) is 14.0. The lowest BCUT2D eigenvalue weighted by Gasteiger charge is -2.16. The lowest BCUT2D eigenvalue weighted by molar-refractivity contribution is -0.127. The fourth-order valence-electron chi connectivity index (χ4n) is 2.09. The van der Waals surface area contributed by atoms with Crippen LogP contribution in [-0.2, 0) is 21.2 Å². The van der Waals surface area contributed by atoms with E-state index in [9.17, 15) is 17.6 Å².